The lowest BCUT2D eigenvalue weighted by atomic mass is 10.0. The molecular formula is C23H23FN4O2S. The first-order valence-corrected chi connectivity index (χ1v) is 10.5. The number of rotatable bonds is 7. The lowest BCUT2D eigenvalue weighted by molar-refractivity contribution is -0.140. The number of thiocarbonyl (C=S) groups is 1. The standard InChI is InChI=1S/C23H23FN4O2S/c1-30-20(29)8-5-15-28-22(21(26-23(28)31)18-6-2-3-13-25-18)19-7-4-14-27(19)17-11-9-16(24)10-12-17/h2-4,6-7,9-14,21-22H,5,8,15H2,1H3,(H,26,31)/t21-,22-/m1/s1. The Morgan fingerprint density at radius 2 is 2.00 bits per heavy atom. The molecule has 1 aliphatic rings. The zero-order valence-corrected chi connectivity index (χ0v) is 17.9. The van der Waals surface area contributed by atoms with E-state index >= 15 is 0 Å². The average molecular weight is 439 g/mol. The Morgan fingerprint density at radius 3 is 2.71 bits per heavy atom. The second kappa shape index (κ2) is 9.26. The number of halogens is 1. The van der Waals surface area contributed by atoms with Crippen LogP contribution < -0.4 is 5.32 Å². The van der Waals surface area contributed by atoms with Gasteiger partial charge in [0, 0.05) is 36.7 Å². The van der Waals surface area contributed by atoms with Gasteiger partial charge in [-0.15, -0.1) is 0 Å². The van der Waals surface area contributed by atoms with Crippen LogP contribution in [0, 0.1) is 5.82 Å². The van der Waals surface area contributed by atoms with Crippen LogP contribution in [0.1, 0.15) is 36.3 Å². The maximum atomic E-state index is 13.5. The summed E-state index contributed by atoms with van der Waals surface area (Å²) in [5.41, 5.74) is 2.72. The number of hydrogen-bond donors (Lipinski definition) is 1. The number of carbonyl (C=O) groups excluding carboxylic acids is 1. The zero-order valence-electron chi connectivity index (χ0n) is 17.1. The van der Waals surface area contributed by atoms with Crippen LogP contribution in [0.3, 0.4) is 0 Å². The molecule has 1 N–H and O–H groups in total. The molecule has 0 bridgehead atoms. The molecule has 0 unspecified atom stereocenters. The van der Waals surface area contributed by atoms with Gasteiger partial charge in [0.1, 0.15) is 5.82 Å². The molecule has 0 aliphatic carbocycles. The van der Waals surface area contributed by atoms with E-state index in [2.05, 4.69) is 15.2 Å². The van der Waals surface area contributed by atoms with E-state index in [0.29, 0.717) is 24.5 Å². The fourth-order valence-corrected chi connectivity index (χ4v) is 4.27. The van der Waals surface area contributed by atoms with Gasteiger partial charge in [-0.25, -0.2) is 4.39 Å². The first-order valence-electron chi connectivity index (χ1n) is 10.1. The summed E-state index contributed by atoms with van der Waals surface area (Å²) in [5.74, 6) is -0.525. The van der Waals surface area contributed by atoms with Crippen LogP contribution in [0.15, 0.2) is 67.0 Å². The predicted octanol–water partition coefficient (Wildman–Crippen LogP) is 3.94. The summed E-state index contributed by atoms with van der Waals surface area (Å²) in [6, 6.07) is 15.9. The van der Waals surface area contributed by atoms with Gasteiger partial charge in [0.15, 0.2) is 5.11 Å². The molecule has 8 heteroatoms. The number of ether oxygens (including phenoxy) is 1. The molecule has 1 aliphatic heterocycles. The van der Waals surface area contributed by atoms with Crippen LogP contribution in [0.5, 0.6) is 0 Å². The van der Waals surface area contributed by atoms with Crippen LogP contribution >= 0.6 is 12.2 Å². The van der Waals surface area contributed by atoms with Crippen LogP contribution in [-0.2, 0) is 9.53 Å². The fourth-order valence-electron chi connectivity index (χ4n) is 3.94. The maximum absolute atomic E-state index is 13.5. The van der Waals surface area contributed by atoms with E-state index in [1.165, 1.54) is 19.2 Å². The summed E-state index contributed by atoms with van der Waals surface area (Å²) in [4.78, 5) is 18.2. The third kappa shape index (κ3) is 4.44. The molecule has 1 fully saturated rings. The van der Waals surface area contributed by atoms with Crippen molar-refractivity contribution < 1.29 is 13.9 Å². The summed E-state index contributed by atoms with van der Waals surface area (Å²) < 4.78 is 20.3. The number of esters is 1. The van der Waals surface area contributed by atoms with E-state index in [-0.39, 0.29) is 23.9 Å². The smallest absolute Gasteiger partial charge is 0.305 e. The van der Waals surface area contributed by atoms with Gasteiger partial charge in [0.05, 0.1) is 24.9 Å². The Kier molecular flexibility index (Phi) is 6.27. The monoisotopic (exact) mass is 438 g/mol. The minimum atomic E-state index is -0.281. The lowest BCUT2D eigenvalue weighted by Crippen LogP contribution is -2.31. The van der Waals surface area contributed by atoms with Crippen molar-refractivity contribution in [3.63, 3.8) is 0 Å². The molecule has 0 saturated carbocycles. The molecule has 1 saturated heterocycles. The highest BCUT2D eigenvalue weighted by Crippen LogP contribution is 2.39. The minimum Gasteiger partial charge on any atom is -0.469 e. The summed E-state index contributed by atoms with van der Waals surface area (Å²) in [7, 11) is 1.39. The first kappa shape index (κ1) is 21.0. The molecule has 0 spiro atoms. The van der Waals surface area contributed by atoms with E-state index in [1.807, 2.05) is 41.1 Å². The van der Waals surface area contributed by atoms with Crippen molar-refractivity contribution in [3.8, 4) is 5.69 Å². The molecule has 0 amide bonds. The molecule has 2 aromatic heterocycles. The van der Waals surface area contributed by atoms with Crippen molar-refractivity contribution in [2.75, 3.05) is 13.7 Å². The van der Waals surface area contributed by atoms with Crippen LogP contribution in [-0.4, -0.2) is 39.2 Å². The van der Waals surface area contributed by atoms with Crippen molar-refractivity contribution in [1.29, 1.82) is 0 Å². The quantitative estimate of drug-likeness (QED) is 0.446. The molecule has 1 aromatic carbocycles. The van der Waals surface area contributed by atoms with E-state index in [4.69, 9.17) is 17.0 Å². The molecule has 4 rings (SSSR count). The Labute approximate surface area is 185 Å². The van der Waals surface area contributed by atoms with Gasteiger partial charge in [0.25, 0.3) is 0 Å². The van der Waals surface area contributed by atoms with Gasteiger partial charge in [-0.05, 0) is 67.2 Å². The Balaban J connectivity index is 1.70. The van der Waals surface area contributed by atoms with Crippen molar-refractivity contribution in [2.45, 2.75) is 24.9 Å². The first-order chi connectivity index (χ1) is 15.1. The fraction of sp³-hybridized carbons (Fsp3) is 0.261. The van der Waals surface area contributed by atoms with Gasteiger partial charge in [-0.2, -0.15) is 0 Å². The molecule has 6 nitrogen and oxygen atoms in total. The molecule has 2 atom stereocenters. The highest BCUT2D eigenvalue weighted by molar-refractivity contribution is 7.80. The van der Waals surface area contributed by atoms with Gasteiger partial charge >= 0.3 is 5.97 Å². The van der Waals surface area contributed by atoms with Gasteiger partial charge in [-0.3, -0.25) is 9.78 Å². The predicted molar refractivity (Wildman–Crippen MR) is 119 cm³/mol. The minimum absolute atomic E-state index is 0.153. The molecule has 0 radical (unpaired) electrons. The summed E-state index contributed by atoms with van der Waals surface area (Å²) in [5, 5.41) is 4.01. The van der Waals surface area contributed by atoms with E-state index in [1.54, 1.807) is 18.3 Å². The van der Waals surface area contributed by atoms with E-state index < -0.39 is 0 Å². The maximum Gasteiger partial charge on any atom is 0.305 e. The SMILES string of the molecule is COC(=O)CCCN1C(=S)N[C@H](c2ccccn2)[C@H]1c1cccn1-c1ccc(F)cc1. The third-order valence-electron chi connectivity index (χ3n) is 5.39. The number of carbonyl (C=O) groups is 1. The highest BCUT2D eigenvalue weighted by atomic mass is 32.1. The number of hydrogen-bond acceptors (Lipinski definition) is 4. The normalized spacial score (nSPS) is 18.1. The number of benzene rings is 1. The number of aromatic nitrogens is 2. The Hall–Kier alpha value is -3.26. The van der Waals surface area contributed by atoms with Crippen molar-refractivity contribution in [1.82, 2.24) is 19.8 Å². The molecular weight excluding hydrogens is 415 g/mol. The summed E-state index contributed by atoms with van der Waals surface area (Å²) >= 11 is 5.67. The van der Waals surface area contributed by atoms with Crippen molar-refractivity contribution in [3.05, 3.63) is 84.2 Å². The number of pyridine rings is 1. The Morgan fingerprint density at radius 1 is 1.19 bits per heavy atom. The highest BCUT2D eigenvalue weighted by Gasteiger charge is 2.41. The van der Waals surface area contributed by atoms with Gasteiger partial charge in [0.2, 0.25) is 0 Å². The van der Waals surface area contributed by atoms with Crippen LogP contribution in [0.4, 0.5) is 4.39 Å². The van der Waals surface area contributed by atoms with E-state index in [0.717, 1.165) is 17.1 Å². The molecule has 31 heavy (non-hydrogen) atoms. The average Bonchev–Trinajstić information content (AvgIpc) is 3.39. The van der Waals surface area contributed by atoms with Crippen molar-refractivity contribution in [2.24, 2.45) is 0 Å². The molecule has 3 heterocycles. The van der Waals surface area contributed by atoms with Gasteiger partial charge in [-0.1, -0.05) is 6.07 Å². The number of nitrogens with one attached hydrogen (secondary N) is 1. The topological polar surface area (TPSA) is 59.4 Å². The zero-order chi connectivity index (χ0) is 21.8. The van der Waals surface area contributed by atoms with Crippen molar-refractivity contribution >= 4 is 23.3 Å². The van der Waals surface area contributed by atoms with E-state index in [9.17, 15) is 9.18 Å². The summed E-state index contributed by atoms with van der Waals surface area (Å²) in [6.45, 7) is 0.587. The number of nitrogens with zero attached hydrogens (tertiary/aromatic N) is 3. The second-order valence-corrected chi connectivity index (χ2v) is 7.67. The largest absolute Gasteiger partial charge is 0.469 e. The number of methoxy groups -OCH3 is 1. The van der Waals surface area contributed by atoms with Crippen LogP contribution in [0.25, 0.3) is 5.69 Å². The Bertz CT molecular complexity index is 1050. The lowest BCUT2D eigenvalue weighted by Gasteiger charge is -2.29. The molecule has 160 valence electrons. The molecule has 3 aromatic rings. The summed E-state index contributed by atoms with van der Waals surface area (Å²) in [6.07, 6.45) is 4.63. The van der Waals surface area contributed by atoms with Crippen LogP contribution in [0.2, 0.25) is 0 Å². The van der Waals surface area contributed by atoms with Gasteiger partial charge < -0.3 is 19.5 Å². The third-order valence-corrected chi connectivity index (χ3v) is 5.75. The second-order valence-electron chi connectivity index (χ2n) is 7.28.